The number of likely N-dealkylation sites (tertiary alicyclic amines) is 1. The summed E-state index contributed by atoms with van der Waals surface area (Å²) < 4.78 is 25.4. The fourth-order valence-electron chi connectivity index (χ4n) is 7.47. The molecule has 0 aromatic heterocycles. The van der Waals surface area contributed by atoms with Gasteiger partial charge in [0.05, 0.1) is 22.1 Å². The summed E-state index contributed by atoms with van der Waals surface area (Å²) >= 11 is 0. The zero-order chi connectivity index (χ0) is 36.1. The number of hydrogen-bond acceptors (Lipinski definition) is 7. The zero-order valence-corrected chi connectivity index (χ0v) is 31.1. The molecule has 13 heteroatoms. The van der Waals surface area contributed by atoms with Gasteiger partial charge >= 0.3 is 6.03 Å². The minimum absolute atomic E-state index is 0.0468. The molecule has 268 valence electrons. The van der Waals surface area contributed by atoms with Gasteiger partial charge in [-0.2, -0.15) is 0 Å². The van der Waals surface area contributed by atoms with Gasteiger partial charge in [0.1, 0.15) is 12.1 Å². The van der Waals surface area contributed by atoms with E-state index in [0.717, 1.165) is 19.3 Å². The molecule has 2 aliphatic carbocycles. The molecule has 3 rings (SSSR count). The van der Waals surface area contributed by atoms with Crippen LogP contribution in [0.2, 0.25) is 0 Å². The lowest BCUT2D eigenvalue weighted by molar-refractivity contribution is -0.145. The van der Waals surface area contributed by atoms with Crippen molar-refractivity contribution in [2.45, 2.75) is 137 Å². The molecule has 2 saturated carbocycles. The summed E-state index contributed by atoms with van der Waals surface area (Å²) in [5, 5.41) is 8.49. The molecule has 3 aliphatic rings. The number of fused-ring (bicyclic) bond motifs is 1. The molecular formula is C34H59N5O7S. The number of primary amides is 1. The highest BCUT2D eigenvalue weighted by Gasteiger charge is 2.70. The van der Waals surface area contributed by atoms with Crippen molar-refractivity contribution in [3.8, 4) is 0 Å². The smallest absolute Gasteiger partial charge is 0.315 e. The van der Waals surface area contributed by atoms with Crippen LogP contribution in [0.5, 0.6) is 0 Å². The number of nitrogens with two attached hydrogens (primary N) is 1. The van der Waals surface area contributed by atoms with Crippen molar-refractivity contribution in [3.05, 3.63) is 0 Å². The number of hydrogen-bond donors (Lipinski definition) is 4. The minimum atomic E-state index is -3.60. The van der Waals surface area contributed by atoms with Gasteiger partial charge < -0.3 is 26.6 Å². The number of nitrogens with one attached hydrogen (secondary N) is 3. The third kappa shape index (κ3) is 8.67. The summed E-state index contributed by atoms with van der Waals surface area (Å²) in [5.74, 6) is -3.02. The van der Waals surface area contributed by atoms with E-state index in [9.17, 15) is 32.4 Å². The van der Waals surface area contributed by atoms with E-state index in [0.29, 0.717) is 19.4 Å². The molecule has 6 atom stereocenters. The maximum Gasteiger partial charge on any atom is 0.315 e. The van der Waals surface area contributed by atoms with Crippen LogP contribution in [0.1, 0.15) is 108 Å². The zero-order valence-electron chi connectivity index (χ0n) is 30.3. The van der Waals surface area contributed by atoms with Gasteiger partial charge in [-0.15, -0.1) is 0 Å². The highest BCUT2D eigenvalue weighted by atomic mass is 32.2. The highest BCUT2D eigenvalue weighted by molar-refractivity contribution is 7.92. The lowest BCUT2D eigenvalue weighted by atomic mass is 9.80. The molecule has 0 radical (unpaired) electrons. The van der Waals surface area contributed by atoms with Gasteiger partial charge in [-0.05, 0) is 75.0 Å². The Labute approximate surface area is 281 Å². The number of Topliss-reactive ketones (excluding diaryl/α,β-unsaturated/α-hetero) is 1. The first-order valence-corrected chi connectivity index (χ1v) is 18.6. The molecule has 5 amide bonds. The van der Waals surface area contributed by atoms with Gasteiger partial charge in [-0.1, -0.05) is 67.7 Å². The summed E-state index contributed by atoms with van der Waals surface area (Å²) in [6, 6.07) is -3.69. The number of urea groups is 1. The quantitative estimate of drug-likeness (QED) is 0.215. The number of amides is 5. The van der Waals surface area contributed by atoms with E-state index in [4.69, 9.17) is 5.73 Å². The topological polar surface area (TPSA) is 185 Å². The standard InChI is InChI=1S/C34H59N5O7S/c1-19(2)16-34(11,18-47(45,46)32(6,7)8)38-30(44)37-26(31(3,4)5)29(43)39-17-21-23(33(21,9)10)24(39)28(42)36-22(25(40)27(35)41)15-20-13-12-14-20/h19-24,26H,12-18H2,1-11H3,(H2,35,41)(H,36,42)(H2,37,38,44)/t21-,22?,23-,24-,26+,34?/m0/s1. The molecule has 0 aromatic carbocycles. The minimum Gasteiger partial charge on any atom is -0.363 e. The van der Waals surface area contributed by atoms with E-state index >= 15 is 0 Å². The molecule has 5 N–H and O–H groups in total. The Bertz CT molecular complexity index is 1360. The number of piperidine rings is 1. The Kier molecular flexibility index (Phi) is 11.0. The Morgan fingerprint density at radius 1 is 0.957 bits per heavy atom. The van der Waals surface area contributed by atoms with E-state index in [2.05, 4.69) is 16.0 Å². The molecule has 3 fully saturated rings. The van der Waals surface area contributed by atoms with Crippen molar-refractivity contribution >= 4 is 39.4 Å². The number of nitrogens with zero attached hydrogens (tertiary/aromatic N) is 1. The first kappa shape index (κ1) is 38.7. The molecule has 0 spiro atoms. The number of carbonyl (C=O) groups excluding carboxylic acids is 5. The van der Waals surface area contributed by atoms with E-state index in [-0.39, 0.29) is 34.8 Å². The third-order valence-corrected chi connectivity index (χ3v) is 13.4. The molecule has 1 heterocycles. The normalized spacial score (nSPS) is 25.1. The monoisotopic (exact) mass is 681 g/mol. The molecule has 0 aromatic rings. The molecule has 47 heavy (non-hydrogen) atoms. The highest BCUT2D eigenvalue weighted by Crippen LogP contribution is 2.65. The predicted molar refractivity (Wildman–Crippen MR) is 181 cm³/mol. The van der Waals surface area contributed by atoms with Gasteiger partial charge in [-0.3, -0.25) is 19.2 Å². The lowest BCUT2D eigenvalue weighted by Gasteiger charge is -2.39. The van der Waals surface area contributed by atoms with Crippen LogP contribution >= 0.6 is 0 Å². The fraction of sp³-hybridized carbons (Fsp3) is 0.853. The van der Waals surface area contributed by atoms with Gasteiger partial charge in [0.25, 0.3) is 5.91 Å². The van der Waals surface area contributed by atoms with Crippen LogP contribution in [0, 0.1) is 34.5 Å². The molecule has 0 bridgehead atoms. The van der Waals surface area contributed by atoms with Crippen molar-refractivity contribution in [1.82, 2.24) is 20.9 Å². The summed E-state index contributed by atoms with van der Waals surface area (Å²) in [5.41, 5.74) is 3.23. The fourth-order valence-corrected chi connectivity index (χ4v) is 8.94. The van der Waals surface area contributed by atoms with Crippen LogP contribution in [0.3, 0.4) is 0 Å². The number of sulfone groups is 1. The van der Waals surface area contributed by atoms with Crippen molar-refractivity contribution in [2.24, 2.45) is 40.2 Å². The second kappa shape index (κ2) is 13.3. The summed E-state index contributed by atoms with van der Waals surface area (Å²) in [6.45, 7) is 20.3. The summed E-state index contributed by atoms with van der Waals surface area (Å²) in [4.78, 5) is 68.0. The Morgan fingerprint density at radius 3 is 1.98 bits per heavy atom. The summed E-state index contributed by atoms with van der Waals surface area (Å²) in [6.07, 6.45) is 3.55. The van der Waals surface area contributed by atoms with Crippen molar-refractivity contribution in [1.29, 1.82) is 0 Å². The van der Waals surface area contributed by atoms with Crippen molar-refractivity contribution in [3.63, 3.8) is 0 Å². The Hall–Kier alpha value is -2.70. The van der Waals surface area contributed by atoms with E-state index in [1.165, 1.54) is 4.90 Å². The second-order valence-electron chi connectivity index (χ2n) is 17.6. The molecular weight excluding hydrogens is 622 g/mol. The third-order valence-electron chi connectivity index (χ3n) is 10.5. The SMILES string of the molecule is CC(C)CC(C)(CS(=O)(=O)C(C)(C)C)NC(=O)N[C@H](C(=O)N1C[C@H]2[C@@H]([C@H]1C(=O)NC(CC1CCC1)C(=O)C(N)=O)C2(C)C)C(C)(C)C. The maximum absolute atomic E-state index is 14.4. The molecule has 1 aliphatic heterocycles. The molecule has 12 nitrogen and oxygen atoms in total. The van der Waals surface area contributed by atoms with E-state index in [1.807, 2.05) is 48.5 Å². The van der Waals surface area contributed by atoms with Crippen LogP contribution in [-0.2, 0) is 29.0 Å². The number of ketones is 1. The van der Waals surface area contributed by atoms with E-state index < -0.39 is 73.2 Å². The van der Waals surface area contributed by atoms with Crippen LogP contribution in [0.25, 0.3) is 0 Å². The maximum atomic E-state index is 14.4. The summed E-state index contributed by atoms with van der Waals surface area (Å²) in [7, 11) is -3.60. The van der Waals surface area contributed by atoms with Gasteiger partial charge in [0, 0.05) is 6.54 Å². The molecule has 2 unspecified atom stereocenters. The van der Waals surface area contributed by atoms with Crippen molar-refractivity contribution < 1.29 is 32.4 Å². The van der Waals surface area contributed by atoms with Crippen LogP contribution in [0.15, 0.2) is 0 Å². The van der Waals surface area contributed by atoms with Gasteiger partial charge in [0.15, 0.2) is 9.84 Å². The van der Waals surface area contributed by atoms with Gasteiger partial charge in [0.2, 0.25) is 17.6 Å². The van der Waals surface area contributed by atoms with E-state index in [1.54, 1.807) is 27.7 Å². The van der Waals surface area contributed by atoms with Crippen LogP contribution in [0.4, 0.5) is 4.79 Å². The number of rotatable bonds is 13. The van der Waals surface area contributed by atoms with Crippen LogP contribution < -0.4 is 21.7 Å². The van der Waals surface area contributed by atoms with Crippen molar-refractivity contribution in [2.75, 3.05) is 12.3 Å². The molecule has 1 saturated heterocycles. The Balaban J connectivity index is 1.86. The van der Waals surface area contributed by atoms with Crippen LogP contribution in [-0.4, -0.2) is 83.6 Å². The first-order chi connectivity index (χ1) is 21.2. The number of carbonyl (C=O) groups is 5. The largest absolute Gasteiger partial charge is 0.363 e. The predicted octanol–water partition coefficient (Wildman–Crippen LogP) is 2.93. The lowest BCUT2D eigenvalue weighted by Crippen LogP contribution is -2.63. The Morgan fingerprint density at radius 2 is 1.53 bits per heavy atom. The second-order valence-corrected chi connectivity index (χ2v) is 20.4. The average Bonchev–Trinajstić information content (AvgIpc) is 3.17. The average molecular weight is 682 g/mol. The van der Waals surface area contributed by atoms with Gasteiger partial charge in [-0.25, -0.2) is 13.2 Å². The first-order valence-electron chi connectivity index (χ1n) is 17.0.